The maximum Gasteiger partial charge on any atom is 0.262 e. The van der Waals surface area contributed by atoms with Crippen LogP contribution < -0.4 is 15.4 Å². The van der Waals surface area contributed by atoms with Crippen molar-refractivity contribution >= 4 is 17.5 Å². The monoisotopic (exact) mass is 277 g/mol. The third kappa shape index (κ3) is 3.71. The molecule has 1 aliphatic rings. The van der Waals surface area contributed by atoms with Gasteiger partial charge in [-0.3, -0.25) is 9.59 Å². The van der Waals surface area contributed by atoms with E-state index in [0.29, 0.717) is 30.9 Å². The van der Waals surface area contributed by atoms with Gasteiger partial charge in [0.2, 0.25) is 5.91 Å². The van der Waals surface area contributed by atoms with Crippen molar-refractivity contribution in [3.63, 3.8) is 0 Å². The zero-order valence-electron chi connectivity index (χ0n) is 11.7. The molecule has 2 rings (SSSR count). The zero-order valence-corrected chi connectivity index (χ0v) is 11.7. The van der Waals surface area contributed by atoms with Gasteiger partial charge in [0.1, 0.15) is 5.75 Å². The lowest BCUT2D eigenvalue weighted by Crippen LogP contribution is -2.27. The van der Waals surface area contributed by atoms with Gasteiger partial charge < -0.3 is 20.3 Å². The molecule has 0 aliphatic carbocycles. The Morgan fingerprint density at radius 3 is 3.00 bits per heavy atom. The van der Waals surface area contributed by atoms with Crippen LogP contribution in [0.3, 0.4) is 0 Å². The quantitative estimate of drug-likeness (QED) is 0.773. The number of nitrogens with one attached hydrogen (secondary N) is 2. The van der Waals surface area contributed by atoms with Gasteiger partial charge in [0.05, 0.1) is 5.69 Å². The third-order valence-electron chi connectivity index (χ3n) is 3.02. The summed E-state index contributed by atoms with van der Waals surface area (Å²) in [7, 11) is 3.49. The van der Waals surface area contributed by atoms with Crippen molar-refractivity contribution < 1.29 is 14.3 Å². The van der Waals surface area contributed by atoms with Crippen molar-refractivity contribution in [1.29, 1.82) is 0 Å². The van der Waals surface area contributed by atoms with Crippen LogP contribution in [-0.2, 0) is 16.1 Å². The van der Waals surface area contributed by atoms with Crippen molar-refractivity contribution in [1.82, 2.24) is 10.2 Å². The van der Waals surface area contributed by atoms with E-state index in [9.17, 15) is 9.59 Å². The normalized spacial score (nSPS) is 13.2. The molecule has 0 radical (unpaired) electrons. The molecule has 1 aliphatic heterocycles. The summed E-state index contributed by atoms with van der Waals surface area (Å²) in [6.07, 6.45) is 0.470. The Morgan fingerprint density at radius 1 is 1.45 bits per heavy atom. The summed E-state index contributed by atoms with van der Waals surface area (Å²) in [6.45, 7) is 1.33. The number of amides is 2. The molecule has 6 nitrogen and oxygen atoms in total. The number of carbonyl (C=O) groups is 2. The van der Waals surface area contributed by atoms with Crippen LogP contribution in [0.1, 0.15) is 12.0 Å². The fourth-order valence-corrected chi connectivity index (χ4v) is 1.89. The van der Waals surface area contributed by atoms with Gasteiger partial charge >= 0.3 is 0 Å². The van der Waals surface area contributed by atoms with Gasteiger partial charge in [-0.1, -0.05) is 6.07 Å². The Morgan fingerprint density at radius 2 is 2.25 bits per heavy atom. The molecule has 1 aromatic carbocycles. The van der Waals surface area contributed by atoms with Crippen molar-refractivity contribution in [3.8, 4) is 5.75 Å². The molecule has 0 aromatic heterocycles. The van der Waals surface area contributed by atoms with Crippen LogP contribution in [0.4, 0.5) is 5.69 Å². The number of carbonyl (C=O) groups excluding carboxylic acids is 2. The van der Waals surface area contributed by atoms with Crippen LogP contribution in [-0.4, -0.2) is 44.0 Å². The zero-order chi connectivity index (χ0) is 14.5. The van der Waals surface area contributed by atoms with Gasteiger partial charge in [-0.15, -0.1) is 0 Å². The van der Waals surface area contributed by atoms with Crippen molar-refractivity contribution in [2.75, 3.05) is 32.6 Å². The SMILES string of the molecule is CN(C)C(=O)CCNCc1ccc2c(c1)NC(=O)CO2. The van der Waals surface area contributed by atoms with Crippen molar-refractivity contribution in [2.45, 2.75) is 13.0 Å². The first-order valence-corrected chi connectivity index (χ1v) is 6.52. The van der Waals surface area contributed by atoms with Crippen LogP contribution in [0, 0.1) is 0 Å². The first kappa shape index (κ1) is 14.3. The Balaban J connectivity index is 1.83. The van der Waals surface area contributed by atoms with Crippen molar-refractivity contribution in [3.05, 3.63) is 23.8 Å². The smallest absolute Gasteiger partial charge is 0.262 e. The summed E-state index contributed by atoms with van der Waals surface area (Å²) in [6, 6.07) is 5.67. The lowest BCUT2D eigenvalue weighted by molar-refractivity contribution is -0.128. The molecule has 1 heterocycles. The number of nitrogens with zero attached hydrogens (tertiary/aromatic N) is 1. The van der Waals surface area contributed by atoms with Crippen LogP contribution in [0.2, 0.25) is 0 Å². The third-order valence-corrected chi connectivity index (χ3v) is 3.02. The number of rotatable bonds is 5. The fraction of sp³-hybridized carbons (Fsp3) is 0.429. The second-order valence-electron chi connectivity index (χ2n) is 4.88. The van der Waals surface area contributed by atoms with E-state index in [0.717, 1.165) is 5.56 Å². The minimum absolute atomic E-state index is 0.0667. The van der Waals surface area contributed by atoms with Crippen molar-refractivity contribution in [2.24, 2.45) is 0 Å². The highest BCUT2D eigenvalue weighted by molar-refractivity contribution is 5.95. The highest BCUT2D eigenvalue weighted by Crippen LogP contribution is 2.28. The molecule has 2 N–H and O–H groups in total. The highest BCUT2D eigenvalue weighted by atomic mass is 16.5. The highest BCUT2D eigenvalue weighted by Gasteiger charge is 2.15. The molecular weight excluding hydrogens is 258 g/mol. The summed E-state index contributed by atoms with van der Waals surface area (Å²) >= 11 is 0. The number of ether oxygens (including phenoxy) is 1. The predicted molar refractivity (Wildman–Crippen MR) is 75.6 cm³/mol. The minimum Gasteiger partial charge on any atom is -0.482 e. The Bertz CT molecular complexity index is 514. The van der Waals surface area contributed by atoms with Gasteiger partial charge in [-0.25, -0.2) is 0 Å². The van der Waals surface area contributed by atoms with Gasteiger partial charge in [0, 0.05) is 33.6 Å². The average Bonchev–Trinajstić information content (AvgIpc) is 2.42. The maximum absolute atomic E-state index is 11.4. The number of anilines is 1. The molecule has 108 valence electrons. The lowest BCUT2D eigenvalue weighted by Gasteiger charge is -2.18. The molecular formula is C14H19N3O3. The van der Waals surface area contributed by atoms with E-state index in [4.69, 9.17) is 4.74 Å². The Hall–Kier alpha value is -2.08. The maximum atomic E-state index is 11.4. The molecule has 1 aromatic rings. The van der Waals surface area contributed by atoms with E-state index < -0.39 is 0 Å². The number of hydrogen-bond acceptors (Lipinski definition) is 4. The molecule has 20 heavy (non-hydrogen) atoms. The first-order chi connectivity index (χ1) is 9.56. The molecule has 6 heteroatoms. The summed E-state index contributed by atoms with van der Waals surface area (Å²) < 4.78 is 5.29. The largest absolute Gasteiger partial charge is 0.482 e. The molecule has 0 spiro atoms. The number of benzene rings is 1. The van der Waals surface area contributed by atoms with E-state index >= 15 is 0 Å². The van der Waals surface area contributed by atoms with Crippen LogP contribution in [0.25, 0.3) is 0 Å². The molecule has 0 fully saturated rings. The second-order valence-corrected chi connectivity index (χ2v) is 4.88. The molecule has 0 atom stereocenters. The summed E-state index contributed by atoms with van der Waals surface area (Å²) in [5.41, 5.74) is 1.73. The van der Waals surface area contributed by atoms with Crippen LogP contribution in [0.5, 0.6) is 5.75 Å². The summed E-state index contributed by atoms with van der Waals surface area (Å²) in [5.74, 6) is 0.652. The fourth-order valence-electron chi connectivity index (χ4n) is 1.89. The molecule has 2 amide bonds. The topological polar surface area (TPSA) is 70.7 Å². The molecule has 0 bridgehead atoms. The van der Waals surface area contributed by atoms with Gasteiger partial charge in [0.25, 0.3) is 5.91 Å². The Labute approximate surface area is 118 Å². The molecule has 0 unspecified atom stereocenters. The van der Waals surface area contributed by atoms with E-state index in [1.54, 1.807) is 19.0 Å². The van der Waals surface area contributed by atoms with Gasteiger partial charge in [-0.05, 0) is 17.7 Å². The van der Waals surface area contributed by atoms with E-state index in [2.05, 4.69) is 10.6 Å². The number of hydrogen-bond donors (Lipinski definition) is 2. The van der Waals surface area contributed by atoms with E-state index in [-0.39, 0.29) is 18.4 Å². The molecule has 0 saturated heterocycles. The predicted octanol–water partition coefficient (Wildman–Crippen LogP) is 0.585. The average molecular weight is 277 g/mol. The summed E-state index contributed by atoms with van der Waals surface area (Å²) in [4.78, 5) is 24.2. The first-order valence-electron chi connectivity index (χ1n) is 6.52. The second kappa shape index (κ2) is 6.38. The number of fused-ring (bicyclic) bond motifs is 1. The van der Waals surface area contributed by atoms with Gasteiger partial charge in [-0.2, -0.15) is 0 Å². The van der Waals surface area contributed by atoms with E-state index in [1.165, 1.54) is 0 Å². The van der Waals surface area contributed by atoms with Gasteiger partial charge in [0.15, 0.2) is 6.61 Å². The van der Waals surface area contributed by atoms with Crippen LogP contribution in [0.15, 0.2) is 18.2 Å². The van der Waals surface area contributed by atoms with Crippen LogP contribution >= 0.6 is 0 Å². The summed E-state index contributed by atoms with van der Waals surface area (Å²) in [5, 5.41) is 5.98. The standard InChI is InChI=1S/C14H19N3O3/c1-17(2)14(19)5-6-15-8-10-3-4-12-11(7-10)16-13(18)9-20-12/h3-4,7,15H,5-6,8-9H2,1-2H3,(H,16,18). The Kier molecular flexibility index (Phi) is 4.57. The lowest BCUT2D eigenvalue weighted by atomic mass is 10.1. The molecule has 0 saturated carbocycles. The van der Waals surface area contributed by atoms with E-state index in [1.807, 2.05) is 18.2 Å². The minimum atomic E-state index is -0.140.